The van der Waals surface area contributed by atoms with Gasteiger partial charge in [0, 0.05) is 13.1 Å². The van der Waals surface area contributed by atoms with Crippen LogP contribution in [0.2, 0.25) is 0 Å². The van der Waals surface area contributed by atoms with Gasteiger partial charge in [0.05, 0.1) is 12.3 Å². The molecule has 1 aromatic rings. The minimum Gasteiger partial charge on any atom is -0.490 e. The van der Waals surface area contributed by atoms with Gasteiger partial charge >= 0.3 is 0 Å². The van der Waals surface area contributed by atoms with Crippen molar-refractivity contribution in [2.24, 2.45) is 0 Å². The van der Waals surface area contributed by atoms with E-state index in [0.29, 0.717) is 18.8 Å². The van der Waals surface area contributed by atoms with Gasteiger partial charge in [0.1, 0.15) is 12.4 Å². The first-order valence-electron chi connectivity index (χ1n) is 6.08. The Kier molecular flexibility index (Phi) is 6.43. The summed E-state index contributed by atoms with van der Waals surface area (Å²) in [6.07, 6.45) is 1.08. The van der Waals surface area contributed by atoms with E-state index in [1.807, 2.05) is 24.3 Å². The van der Waals surface area contributed by atoms with Gasteiger partial charge in [-0.15, -0.1) is 0 Å². The van der Waals surface area contributed by atoms with Crippen LogP contribution in [0.5, 0.6) is 5.75 Å². The van der Waals surface area contributed by atoms with Gasteiger partial charge in [-0.05, 0) is 25.1 Å². The lowest BCUT2D eigenvalue weighted by Gasteiger charge is -2.20. The standard InChI is InChI=1S/C13H22N2O2/c1-2-7-15(8-10-16)9-11-17-13-6-4-3-5-12(13)14/h3-6,16H,2,7-11,14H2,1H3. The Hall–Kier alpha value is -1.26. The van der Waals surface area contributed by atoms with E-state index in [1.165, 1.54) is 0 Å². The molecule has 0 bridgehead atoms. The summed E-state index contributed by atoms with van der Waals surface area (Å²) in [5.74, 6) is 0.730. The number of para-hydroxylation sites is 2. The number of hydrogen-bond donors (Lipinski definition) is 2. The van der Waals surface area contributed by atoms with E-state index in [-0.39, 0.29) is 6.61 Å². The molecule has 0 aliphatic heterocycles. The fourth-order valence-electron chi connectivity index (χ4n) is 1.69. The highest BCUT2D eigenvalue weighted by Gasteiger charge is 2.04. The van der Waals surface area contributed by atoms with Crippen molar-refractivity contribution < 1.29 is 9.84 Å². The quantitative estimate of drug-likeness (QED) is 0.671. The zero-order valence-electron chi connectivity index (χ0n) is 10.4. The third kappa shape index (κ3) is 5.06. The van der Waals surface area contributed by atoms with Gasteiger partial charge in [-0.1, -0.05) is 19.1 Å². The van der Waals surface area contributed by atoms with E-state index in [0.717, 1.165) is 25.3 Å². The highest BCUT2D eigenvalue weighted by Crippen LogP contribution is 2.19. The molecule has 0 aliphatic carbocycles. The predicted molar refractivity (Wildman–Crippen MR) is 70.2 cm³/mol. The average molecular weight is 238 g/mol. The largest absolute Gasteiger partial charge is 0.490 e. The summed E-state index contributed by atoms with van der Waals surface area (Å²) in [7, 11) is 0. The van der Waals surface area contributed by atoms with Crippen molar-refractivity contribution >= 4 is 5.69 Å². The molecule has 0 radical (unpaired) electrons. The SMILES string of the molecule is CCCN(CCO)CCOc1ccccc1N. The van der Waals surface area contributed by atoms with Crippen LogP contribution in [-0.2, 0) is 0 Å². The van der Waals surface area contributed by atoms with E-state index in [2.05, 4.69) is 11.8 Å². The van der Waals surface area contributed by atoms with E-state index in [9.17, 15) is 0 Å². The van der Waals surface area contributed by atoms with Crippen molar-refractivity contribution in [1.82, 2.24) is 4.90 Å². The normalized spacial score (nSPS) is 10.8. The molecular formula is C13H22N2O2. The highest BCUT2D eigenvalue weighted by molar-refractivity contribution is 5.51. The topological polar surface area (TPSA) is 58.7 Å². The second-order valence-electron chi connectivity index (χ2n) is 3.95. The number of benzene rings is 1. The van der Waals surface area contributed by atoms with Crippen LogP contribution >= 0.6 is 0 Å². The van der Waals surface area contributed by atoms with Crippen LogP contribution in [0, 0.1) is 0 Å². The van der Waals surface area contributed by atoms with Crippen molar-refractivity contribution in [3.63, 3.8) is 0 Å². The van der Waals surface area contributed by atoms with Gasteiger partial charge in [0.15, 0.2) is 0 Å². The predicted octanol–water partition coefficient (Wildman–Crippen LogP) is 1.35. The van der Waals surface area contributed by atoms with Gasteiger partial charge in [0.25, 0.3) is 0 Å². The molecule has 3 N–H and O–H groups in total. The highest BCUT2D eigenvalue weighted by atomic mass is 16.5. The molecular weight excluding hydrogens is 216 g/mol. The first kappa shape index (κ1) is 13.8. The second kappa shape index (κ2) is 7.92. The number of nitrogens with zero attached hydrogens (tertiary/aromatic N) is 1. The molecule has 4 nitrogen and oxygen atoms in total. The Bertz CT molecular complexity index is 312. The summed E-state index contributed by atoms with van der Waals surface area (Å²) >= 11 is 0. The van der Waals surface area contributed by atoms with E-state index in [1.54, 1.807) is 0 Å². The molecule has 0 fully saturated rings. The number of aliphatic hydroxyl groups is 1. The van der Waals surface area contributed by atoms with Crippen molar-refractivity contribution in [1.29, 1.82) is 0 Å². The molecule has 0 atom stereocenters. The Labute approximate surface area is 103 Å². The smallest absolute Gasteiger partial charge is 0.142 e. The van der Waals surface area contributed by atoms with Gasteiger partial charge in [-0.25, -0.2) is 0 Å². The Morgan fingerprint density at radius 3 is 2.65 bits per heavy atom. The molecule has 17 heavy (non-hydrogen) atoms. The molecule has 0 aromatic heterocycles. The fraction of sp³-hybridized carbons (Fsp3) is 0.538. The van der Waals surface area contributed by atoms with Crippen LogP contribution < -0.4 is 10.5 Å². The summed E-state index contributed by atoms with van der Waals surface area (Å²) < 4.78 is 5.61. The van der Waals surface area contributed by atoms with Crippen molar-refractivity contribution in [3.8, 4) is 5.75 Å². The lowest BCUT2D eigenvalue weighted by Crippen LogP contribution is -2.31. The third-order valence-corrected chi connectivity index (χ3v) is 2.54. The summed E-state index contributed by atoms with van der Waals surface area (Å²) in [5.41, 5.74) is 6.44. The van der Waals surface area contributed by atoms with Gasteiger partial charge < -0.3 is 15.6 Å². The van der Waals surface area contributed by atoms with Crippen molar-refractivity contribution in [2.75, 3.05) is 38.6 Å². The lowest BCUT2D eigenvalue weighted by atomic mass is 10.3. The number of nitrogens with two attached hydrogens (primary N) is 1. The van der Waals surface area contributed by atoms with E-state index in [4.69, 9.17) is 15.6 Å². The van der Waals surface area contributed by atoms with Crippen LogP contribution in [0.3, 0.4) is 0 Å². The van der Waals surface area contributed by atoms with Gasteiger partial charge in [-0.3, -0.25) is 4.90 Å². The van der Waals surface area contributed by atoms with Crippen molar-refractivity contribution in [2.45, 2.75) is 13.3 Å². The molecule has 0 spiro atoms. The molecule has 0 saturated carbocycles. The van der Waals surface area contributed by atoms with Crippen LogP contribution in [0.15, 0.2) is 24.3 Å². The minimum absolute atomic E-state index is 0.188. The maximum atomic E-state index is 8.92. The number of rotatable bonds is 8. The Balaban J connectivity index is 2.33. The zero-order chi connectivity index (χ0) is 12.5. The van der Waals surface area contributed by atoms with Gasteiger partial charge in [-0.2, -0.15) is 0 Å². The monoisotopic (exact) mass is 238 g/mol. The number of aliphatic hydroxyl groups excluding tert-OH is 1. The molecule has 0 unspecified atom stereocenters. The minimum atomic E-state index is 0.188. The molecule has 0 saturated heterocycles. The molecule has 0 heterocycles. The summed E-state index contributed by atoms with van der Waals surface area (Å²) in [6.45, 7) is 5.39. The summed E-state index contributed by atoms with van der Waals surface area (Å²) in [4.78, 5) is 2.18. The molecule has 1 rings (SSSR count). The lowest BCUT2D eigenvalue weighted by molar-refractivity contribution is 0.169. The number of ether oxygens (including phenoxy) is 1. The maximum Gasteiger partial charge on any atom is 0.142 e. The molecule has 0 amide bonds. The molecule has 4 heteroatoms. The Morgan fingerprint density at radius 1 is 1.24 bits per heavy atom. The molecule has 1 aromatic carbocycles. The number of anilines is 1. The summed E-state index contributed by atoms with van der Waals surface area (Å²) in [6, 6.07) is 7.49. The van der Waals surface area contributed by atoms with Gasteiger partial charge in [0.2, 0.25) is 0 Å². The van der Waals surface area contributed by atoms with Crippen LogP contribution in [0.1, 0.15) is 13.3 Å². The third-order valence-electron chi connectivity index (χ3n) is 2.54. The van der Waals surface area contributed by atoms with Crippen LogP contribution in [0.25, 0.3) is 0 Å². The zero-order valence-corrected chi connectivity index (χ0v) is 10.4. The van der Waals surface area contributed by atoms with Crippen molar-refractivity contribution in [3.05, 3.63) is 24.3 Å². The average Bonchev–Trinajstić information content (AvgIpc) is 2.32. The fourth-order valence-corrected chi connectivity index (χ4v) is 1.69. The van der Waals surface area contributed by atoms with E-state index >= 15 is 0 Å². The maximum absolute atomic E-state index is 8.92. The van der Waals surface area contributed by atoms with E-state index < -0.39 is 0 Å². The number of nitrogen functional groups attached to an aromatic ring is 1. The molecule has 0 aliphatic rings. The van der Waals surface area contributed by atoms with Crippen LogP contribution in [0.4, 0.5) is 5.69 Å². The summed E-state index contributed by atoms with van der Waals surface area (Å²) in [5, 5.41) is 8.92. The number of hydrogen-bond acceptors (Lipinski definition) is 4. The first-order chi connectivity index (χ1) is 8.27. The molecule has 96 valence electrons. The second-order valence-corrected chi connectivity index (χ2v) is 3.95. The Morgan fingerprint density at radius 2 is 2.00 bits per heavy atom. The van der Waals surface area contributed by atoms with Crippen LogP contribution in [-0.4, -0.2) is 42.9 Å². The first-order valence-corrected chi connectivity index (χ1v) is 6.08.